The van der Waals surface area contributed by atoms with Gasteiger partial charge in [-0.2, -0.15) is 0 Å². The monoisotopic (exact) mass is 308 g/mol. The lowest BCUT2D eigenvalue weighted by molar-refractivity contribution is 0.556. The van der Waals surface area contributed by atoms with Crippen molar-refractivity contribution in [3.8, 4) is 5.69 Å². The van der Waals surface area contributed by atoms with Gasteiger partial charge in [0.15, 0.2) is 0 Å². The number of benzene rings is 1. The lowest BCUT2D eigenvalue weighted by atomic mass is 10.1. The number of sulfonamides is 1. The van der Waals surface area contributed by atoms with E-state index in [1.165, 1.54) is 0 Å². The Morgan fingerprint density at radius 3 is 2.81 bits per heavy atom. The summed E-state index contributed by atoms with van der Waals surface area (Å²) in [5.74, 6) is 0. The van der Waals surface area contributed by atoms with Gasteiger partial charge < -0.3 is 9.88 Å². The molecule has 1 atom stereocenters. The minimum absolute atomic E-state index is 0.134. The van der Waals surface area contributed by atoms with Gasteiger partial charge in [-0.1, -0.05) is 12.1 Å². The highest BCUT2D eigenvalue weighted by molar-refractivity contribution is 7.88. The standard InChI is InChI=1S/C14H20N4O2S/c1-12(16-6-7-17-21(2,19)20)13-4-3-5-14(10-13)18-9-8-15-11-18/h3-5,8-12,16-17H,6-7H2,1-2H3/t12-/m0/s1. The van der Waals surface area contributed by atoms with Gasteiger partial charge in [0.2, 0.25) is 10.0 Å². The summed E-state index contributed by atoms with van der Waals surface area (Å²) in [6, 6.07) is 8.28. The van der Waals surface area contributed by atoms with E-state index in [0.717, 1.165) is 17.5 Å². The van der Waals surface area contributed by atoms with E-state index in [1.54, 1.807) is 12.5 Å². The second kappa shape index (κ2) is 6.84. The van der Waals surface area contributed by atoms with Gasteiger partial charge in [0.25, 0.3) is 0 Å². The van der Waals surface area contributed by atoms with E-state index >= 15 is 0 Å². The van der Waals surface area contributed by atoms with E-state index in [9.17, 15) is 8.42 Å². The predicted octanol–water partition coefficient (Wildman–Crippen LogP) is 1.07. The van der Waals surface area contributed by atoms with E-state index in [0.29, 0.717) is 13.1 Å². The number of nitrogens with zero attached hydrogens (tertiary/aromatic N) is 2. The third-order valence-corrected chi connectivity index (χ3v) is 3.84. The molecule has 0 saturated carbocycles. The van der Waals surface area contributed by atoms with Gasteiger partial charge in [0, 0.05) is 37.2 Å². The lowest BCUT2D eigenvalue weighted by Crippen LogP contribution is -2.32. The first-order valence-corrected chi connectivity index (χ1v) is 8.61. The molecule has 7 heteroatoms. The summed E-state index contributed by atoms with van der Waals surface area (Å²) in [5, 5.41) is 3.29. The van der Waals surface area contributed by atoms with Gasteiger partial charge in [-0.25, -0.2) is 18.1 Å². The fourth-order valence-corrected chi connectivity index (χ4v) is 2.48. The quantitative estimate of drug-likeness (QED) is 0.750. The van der Waals surface area contributed by atoms with Crippen molar-refractivity contribution in [3.05, 3.63) is 48.5 Å². The number of hydrogen-bond acceptors (Lipinski definition) is 4. The van der Waals surface area contributed by atoms with Crippen LogP contribution in [0, 0.1) is 0 Å². The molecule has 1 aromatic heterocycles. The van der Waals surface area contributed by atoms with Gasteiger partial charge >= 0.3 is 0 Å². The van der Waals surface area contributed by atoms with Crippen LogP contribution in [0.2, 0.25) is 0 Å². The normalized spacial score (nSPS) is 13.2. The van der Waals surface area contributed by atoms with Crippen molar-refractivity contribution in [1.82, 2.24) is 19.6 Å². The van der Waals surface area contributed by atoms with Crippen LogP contribution >= 0.6 is 0 Å². The maximum atomic E-state index is 11.0. The Bertz CT molecular complexity index is 668. The minimum atomic E-state index is -3.12. The van der Waals surface area contributed by atoms with Crippen LogP contribution in [0.15, 0.2) is 43.0 Å². The fraction of sp³-hybridized carbons (Fsp3) is 0.357. The number of rotatable bonds is 7. The summed E-state index contributed by atoms with van der Waals surface area (Å²) in [6.45, 7) is 3.00. The smallest absolute Gasteiger partial charge is 0.208 e. The van der Waals surface area contributed by atoms with Crippen molar-refractivity contribution in [2.75, 3.05) is 19.3 Å². The number of nitrogens with one attached hydrogen (secondary N) is 2. The zero-order valence-electron chi connectivity index (χ0n) is 12.2. The summed E-state index contributed by atoms with van der Waals surface area (Å²) >= 11 is 0. The molecule has 0 bridgehead atoms. The first kappa shape index (κ1) is 15.7. The van der Waals surface area contributed by atoms with Gasteiger partial charge in [-0.3, -0.25) is 0 Å². The van der Waals surface area contributed by atoms with Gasteiger partial charge in [-0.05, 0) is 24.6 Å². The van der Waals surface area contributed by atoms with Crippen molar-refractivity contribution in [2.24, 2.45) is 0 Å². The molecular formula is C14H20N4O2S. The Balaban J connectivity index is 1.93. The zero-order valence-corrected chi connectivity index (χ0v) is 13.0. The van der Waals surface area contributed by atoms with E-state index in [-0.39, 0.29) is 6.04 Å². The maximum absolute atomic E-state index is 11.0. The minimum Gasteiger partial charge on any atom is -0.309 e. The molecule has 0 aliphatic carbocycles. The van der Waals surface area contributed by atoms with Crippen molar-refractivity contribution in [3.63, 3.8) is 0 Å². The van der Waals surface area contributed by atoms with Crippen LogP contribution in [0.4, 0.5) is 0 Å². The summed E-state index contributed by atoms with van der Waals surface area (Å²) in [5.41, 5.74) is 2.19. The summed E-state index contributed by atoms with van der Waals surface area (Å²) in [4.78, 5) is 4.04. The van der Waals surface area contributed by atoms with E-state index in [1.807, 2.05) is 35.9 Å². The van der Waals surface area contributed by atoms with E-state index in [2.05, 4.69) is 21.1 Å². The van der Waals surface area contributed by atoms with E-state index in [4.69, 9.17) is 0 Å². The highest BCUT2D eigenvalue weighted by atomic mass is 32.2. The largest absolute Gasteiger partial charge is 0.309 e. The van der Waals surface area contributed by atoms with Crippen molar-refractivity contribution in [2.45, 2.75) is 13.0 Å². The Hall–Kier alpha value is -1.70. The SMILES string of the molecule is C[C@H](NCCNS(C)(=O)=O)c1cccc(-n2ccnc2)c1. The summed E-state index contributed by atoms with van der Waals surface area (Å²) < 4.78 is 26.4. The number of aromatic nitrogens is 2. The molecule has 1 aromatic carbocycles. The highest BCUT2D eigenvalue weighted by Crippen LogP contribution is 2.16. The van der Waals surface area contributed by atoms with Gasteiger partial charge in [0.1, 0.15) is 0 Å². The highest BCUT2D eigenvalue weighted by Gasteiger charge is 2.06. The second-order valence-electron chi connectivity index (χ2n) is 4.91. The Kier molecular flexibility index (Phi) is 5.11. The van der Waals surface area contributed by atoms with Crippen molar-refractivity contribution in [1.29, 1.82) is 0 Å². The average molecular weight is 308 g/mol. The number of imidazole rings is 1. The molecule has 0 radical (unpaired) electrons. The Morgan fingerprint density at radius 2 is 2.14 bits per heavy atom. The molecule has 0 fully saturated rings. The second-order valence-corrected chi connectivity index (χ2v) is 6.74. The summed E-state index contributed by atoms with van der Waals surface area (Å²) in [6.07, 6.45) is 6.55. The Morgan fingerprint density at radius 1 is 1.33 bits per heavy atom. The zero-order chi connectivity index (χ0) is 15.3. The molecular weight excluding hydrogens is 288 g/mol. The Labute approximate surface area is 125 Å². The first-order chi connectivity index (χ1) is 9.96. The molecule has 21 heavy (non-hydrogen) atoms. The number of hydrogen-bond donors (Lipinski definition) is 2. The molecule has 1 heterocycles. The molecule has 0 aliphatic rings. The molecule has 0 amide bonds. The van der Waals surface area contributed by atoms with Crippen molar-refractivity contribution < 1.29 is 8.42 Å². The fourth-order valence-electron chi connectivity index (χ4n) is 2.01. The molecule has 114 valence electrons. The molecule has 0 saturated heterocycles. The third-order valence-electron chi connectivity index (χ3n) is 3.11. The summed E-state index contributed by atoms with van der Waals surface area (Å²) in [7, 11) is -3.12. The average Bonchev–Trinajstić information content (AvgIpc) is 2.96. The molecule has 2 N–H and O–H groups in total. The van der Waals surface area contributed by atoms with Gasteiger partial charge in [-0.15, -0.1) is 0 Å². The molecule has 0 aliphatic heterocycles. The van der Waals surface area contributed by atoms with Crippen LogP contribution in [-0.2, 0) is 10.0 Å². The predicted molar refractivity (Wildman–Crippen MR) is 82.8 cm³/mol. The first-order valence-electron chi connectivity index (χ1n) is 6.72. The van der Waals surface area contributed by atoms with Crippen LogP contribution in [0.3, 0.4) is 0 Å². The van der Waals surface area contributed by atoms with Crippen LogP contribution < -0.4 is 10.0 Å². The van der Waals surface area contributed by atoms with Gasteiger partial charge in [0.05, 0.1) is 12.6 Å². The molecule has 6 nitrogen and oxygen atoms in total. The molecule has 2 aromatic rings. The van der Waals surface area contributed by atoms with Crippen LogP contribution in [0.1, 0.15) is 18.5 Å². The topological polar surface area (TPSA) is 76.0 Å². The van der Waals surface area contributed by atoms with Crippen LogP contribution in [0.25, 0.3) is 5.69 Å². The molecule has 2 rings (SSSR count). The molecule has 0 spiro atoms. The molecule has 0 unspecified atom stereocenters. The van der Waals surface area contributed by atoms with E-state index < -0.39 is 10.0 Å². The van der Waals surface area contributed by atoms with Crippen LogP contribution in [-0.4, -0.2) is 37.3 Å². The lowest BCUT2D eigenvalue weighted by Gasteiger charge is -2.15. The maximum Gasteiger partial charge on any atom is 0.208 e. The van der Waals surface area contributed by atoms with Crippen LogP contribution in [0.5, 0.6) is 0 Å². The van der Waals surface area contributed by atoms with Crippen molar-refractivity contribution >= 4 is 10.0 Å². The third kappa shape index (κ3) is 4.96.